The number of hydrogen-bond acceptors (Lipinski definition) is 3. The molecular formula is C16H26N4O. The molecule has 1 saturated heterocycles. The Balaban J connectivity index is 1.53. The van der Waals surface area contributed by atoms with Crippen LogP contribution in [0.25, 0.3) is 0 Å². The largest absolute Gasteiger partial charge is 0.337 e. The van der Waals surface area contributed by atoms with Crippen LogP contribution in [0.5, 0.6) is 0 Å². The van der Waals surface area contributed by atoms with E-state index in [0.29, 0.717) is 30.8 Å². The highest BCUT2D eigenvalue weighted by molar-refractivity contribution is 5.76. The van der Waals surface area contributed by atoms with Gasteiger partial charge in [0.25, 0.3) is 0 Å². The zero-order chi connectivity index (χ0) is 14.7. The summed E-state index contributed by atoms with van der Waals surface area (Å²) in [6.07, 6.45) is 10.3. The van der Waals surface area contributed by atoms with Gasteiger partial charge < -0.3 is 14.8 Å². The van der Waals surface area contributed by atoms with Gasteiger partial charge in [-0.2, -0.15) is 0 Å². The molecule has 1 aliphatic heterocycles. The smallest absolute Gasteiger partial charge is 0.223 e. The van der Waals surface area contributed by atoms with Gasteiger partial charge in [0.15, 0.2) is 0 Å². The number of aromatic nitrogens is 2. The molecule has 2 heterocycles. The van der Waals surface area contributed by atoms with Crippen molar-refractivity contribution in [2.24, 2.45) is 13.0 Å². The molecule has 2 aliphatic rings. The lowest BCUT2D eigenvalue weighted by molar-refractivity contribution is -0.132. The minimum Gasteiger partial charge on any atom is -0.337 e. The van der Waals surface area contributed by atoms with E-state index < -0.39 is 0 Å². The molecule has 1 saturated carbocycles. The van der Waals surface area contributed by atoms with E-state index in [1.165, 1.54) is 12.8 Å². The SMILES string of the molecule is Cn1ccnc1CN(C(=O)CCC1CCCNC1)C1CC1. The van der Waals surface area contributed by atoms with Crippen molar-refractivity contribution >= 4 is 5.91 Å². The predicted octanol–water partition coefficient (Wildman–Crippen LogP) is 1.69. The van der Waals surface area contributed by atoms with Crippen molar-refractivity contribution in [1.82, 2.24) is 19.8 Å². The Bertz CT molecular complexity index is 474. The van der Waals surface area contributed by atoms with E-state index in [2.05, 4.69) is 15.2 Å². The van der Waals surface area contributed by atoms with Crippen LogP contribution in [0.2, 0.25) is 0 Å². The first kappa shape index (κ1) is 14.6. The maximum atomic E-state index is 12.6. The number of imidazole rings is 1. The first-order valence-electron chi connectivity index (χ1n) is 8.20. The molecule has 0 aromatic carbocycles. The molecule has 1 unspecified atom stereocenters. The highest BCUT2D eigenvalue weighted by Crippen LogP contribution is 2.29. The van der Waals surface area contributed by atoms with Gasteiger partial charge in [-0.15, -0.1) is 0 Å². The van der Waals surface area contributed by atoms with Crippen molar-refractivity contribution in [2.45, 2.75) is 51.1 Å². The fourth-order valence-corrected chi connectivity index (χ4v) is 3.15. The first-order valence-corrected chi connectivity index (χ1v) is 8.20. The van der Waals surface area contributed by atoms with Crippen molar-refractivity contribution in [3.05, 3.63) is 18.2 Å². The minimum absolute atomic E-state index is 0.311. The number of nitrogens with one attached hydrogen (secondary N) is 1. The zero-order valence-electron chi connectivity index (χ0n) is 12.9. The summed E-state index contributed by atoms with van der Waals surface area (Å²) in [4.78, 5) is 19.0. The molecule has 1 aromatic heterocycles. The lowest BCUT2D eigenvalue weighted by Crippen LogP contribution is -2.35. The predicted molar refractivity (Wildman–Crippen MR) is 81.6 cm³/mol. The van der Waals surface area contributed by atoms with Crippen LogP contribution in [0.15, 0.2) is 12.4 Å². The van der Waals surface area contributed by atoms with Crippen molar-refractivity contribution in [3.63, 3.8) is 0 Å². The average molecular weight is 290 g/mol. The normalized spacial score (nSPS) is 22.2. The van der Waals surface area contributed by atoms with E-state index in [-0.39, 0.29) is 0 Å². The Kier molecular flexibility index (Phi) is 4.58. The molecule has 0 radical (unpaired) electrons. The molecule has 5 heteroatoms. The molecule has 1 N–H and O–H groups in total. The molecule has 0 spiro atoms. The Morgan fingerprint density at radius 3 is 2.95 bits per heavy atom. The summed E-state index contributed by atoms with van der Waals surface area (Å²) in [5.41, 5.74) is 0. The lowest BCUT2D eigenvalue weighted by atomic mass is 9.94. The van der Waals surface area contributed by atoms with Gasteiger partial charge in [-0.05, 0) is 51.1 Å². The summed E-state index contributed by atoms with van der Waals surface area (Å²) in [5.74, 6) is 1.97. The van der Waals surface area contributed by atoms with Crippen LogP contribution in [0.4, 0.5) is 0 Å². The lowest BCUT2D eigenvalue weighted by Gasteiger charge is -2.25. The summed E-state index contributed by atoms with van der Waals surface area (Å²) in [6, 6.07) is 0.457. The number of rotatable bonds is 6. The standard InChI is InChI=1S/C16H26N4O/c1-19-10-9-18-15(19)12-20(14-5-6-14)16(21)7-4-13-3-2-8-17-11-13/h9-10,13-14,17H,2-8,11-12H2,1H3. The van der Waals surface area contributed by atoms with E-state index in [1.54, 1.807) is 6.20 Å². The summed E-state index contributed by atoms with van der Waals surface area (Å²) >= 11 is 0. The number of nitrogens with zero attached hydrogens (tertiary/aromatic N) is 3. The number of carbonyl (C=O) groups excluding carboxylic acids is 1. The van der Waals surface area contributed by atoms with Gasteiger partial charge in [0.05, 0.1) is 6.54 Å². The molecule has 3 rings (SSSR count). The van der Waals surface area contributed by atoms with Crippen molar-refractivity contribution in [3.8, 4) is 0 Å². The van der Waals surface area contributed by atoms with Crippen LogP contribution in [-0.4, -0.2) is 39.5 Å². The van der Waals surface area contributed by atoms with Gasteiger partial charge in [0.2, 0.25) is 5.91 Å². The highest BCUT2D eigenvalue weighted by Gasteiger charge is 2.33. The second kappa shape index (κ2) is 6.60. The quantitative estimate of drug-likeness (QED) is 0.867. The summed E-state index contributed by atoms with van der Waals surface area (Å²) in [5, 5.41) is 3.43. The number of piperidine rings is 1. The molecule has 0 bridgehead atoms. The Morgan fingerprint density at radius 2 is 2.33 bits per heavy atom. The van der Waals surface area contributed by atoms with E-state index in [9.17, 15) is 4.79 Å². The molecule has 1 amide bonds. The third-order valence-corrected chi connectivity index (χ3v) is 4.71. The van der Waals surface area contributed by atoms with Crippen LogP contribution in [0.1, 0.15) is 44.3 Å². The monoisotopic (exact) mass is 290 g/mol. The highest BCUT2D eigenvalue weighted by atomic mass is 16.2. The zero-order valence-corrected chi connectivity index (χ0v) is 12.9. The average Bonchev–Trinajstić information content (AvgIpc) is 3.27. The summed E-state index contributed by atoms with van der Waals surface area (Å²) < 4.78 is 2.01. The van der Waals surface area contributed by atoms with Crippen LogP contribution < -0.4 is 5.32 Å². The van der Waals surface area contributed by atoms with Crippen LogP contribution in [-0.2, 0) is 18.4 Å². The van der Waals surface area contributed by atoms with Gasteiger partial charge in [0.1, 0.15) is 5.82 Å². The van der Waals surface area contributed by atoms with E-state index >= 15 is 0 Å². The molecule has 1 aliphatic carbocycles. The second-order valence-electron chi connectivity index (χ2n) is 6.46. The maximum Gasteiger partial charge on any atom is 0.223 e. The van der Waals surface area contributed by atoms with Crippen LogP contribution >= 0.6 is 0 Å². The van der Waals surface area contributed by atoms with Gasteiger partial charge in [0, 0.05) is 31.9 Å². The van der Waals surface area contributed by atoms with Crippen molar-refractivity contribution < 1.29 is 4.79 Å². The fourth-order valence-electron chi connectivity index (χ4n) is 3.15. The fraction of sp³-hybridized carbons (Fsp3) is 0.750. The van der Waals surface area contributed by atoms with Crippen LogP contribution in [0, 0.1) is 5.92 Å². The van der Waals surface area contributed by atoms with Crippen LogP contribution in [0.3, 0.4) is 0 Å². The van der Waals surface area contributed by atoms with Crippen molar-refractivity contribution in [1.29, 1.82) is 0 Å². The van der Waals surface area contributed by atoms with Gasteiger partial charge in [-0.3, -0.25) is 4.79 Å². The van der Waals surface area contributed by atoms with E-state index in [0.717, 1.165) is 38.2 Å². The molecule has 1 atom stereocenters. The van der Waals surface area contributed by atoms with Gasteiger partial charge in [-0.1, -0.05) is 0 Å². The molecule has 1 aromatic rings. The molecule has 116 valence electrons. The molecule has 21 heavy (non-hydrogen) atoms. The van der Waals surface area contributed by atoms with Crippen molar-refractivity contribution in [2.75, 3.05) is 13.1 Å². The second-order valence-corrected chi connectivity index (χ2v) is 6.46. The molecule has 2 fully saturated rings. The minimum atomic E-state index is 0.311. The number of carbonyl (C=O) groups is 1. The number of amides is 1. The Hall–Kier alpha value is -1.36. The number of hydrogen-bond donors (Lipinski definition) is 1. The third-order valence-electron chi connectivity index (χ3n) is 4.71. The number of aryl methyl sites for hydroxylation is 1. The topological polar surface area (TPSA) is 50.2 Å². The molecule has 5 nitrogen and oxygen atoms in total. The van der Waals surface area contributed by atoms with E-state index in [1.807, 2.05) is 17.8 Å². The van der Waals surface area contributed by atoms with E-state index in [4.69, 9.17) is 0 Å². The first-order chi connectivity index (χ1) is 10.2. The van der Waals surface area contributed by atoms with Gasteiger partial charge in [-0.25, -0.2) is 4.98 Å². The molecular weight excluding hydrogens is 264 g/mol. The third kappa shape index (κ3) is 3.84. The Labute approximate surface area is 126 Å². The summed E-state index contributed by atoms with van der Waals surface area (Å²) in [7, 11) is 1.99. The Morgan fingerprint density at radius 1 is 1.48 bits per heavy atom. The van der Waals surface area contributed by atoms with Gasteiger partial charge >= 0.3 is 0 Å². The summed E-state index contributed by atoms with van der Waals surface area (Å²) in [6.45, 7) is 2.88. The maximum absolute atomic E-state index is 12.6.